The van der Waals surface area contributed by atoms with Gasteiger partial charge in [0.25, 0.3) is 0 Å². The number of aromatic nitrogens is 2. The number of carbonyl (C=O) groups excluding carboxylic acids is 1. The summed E-state index contributed by atoms with van der Waals surface area (Å²) in [6.07, 6.45) is 2.10. The summed E-state index contributed by atoms with van der Waals surface area (Å²) in [5.74, 6) is 0.230. The van der Waals surface area contributed by atoms with Gasteiger partial charge < -0.3 is 10.1 Å². The molecule has 0 saturated carbocycles. The molecule has 0 aliphatic heterocycles. The highest BCUT2D eigenvalue weighted by Gasteiger charge is 2.13. The predicted octanol–water partition coefficient (Wildman–Crippen LogP) is 4.78. The molecular formula is C21H18FN3O2S. The van der Waals surface area contributed by atoms with E-state index in [4.69, 9.17) is 4.74 Å². The number of halogens is 1. The fourth-order valence-electron chi connectivity index (χ4n) is 2.92. The van der Waals surface area contributed by atoms with Gasteiger partial charge in [0, 0.05) is 28.5 Å². The predicted molar refractivity (Wildman–Crippen MR) is 108 cm³/mol. The van der Waals surface area contributed by atoms with Crippen molar-refractivity contribution < 1.29 is 13.9 Å². The van der Waals surface area contributed by atoms with Gasteiger partial charge >= 0.3 is 0 Å². The first kappa shape index (κ1) is 18.2. The summed E-state index contributed by atoms with van der Waals surface area (Å²) in [6.45, 7) is 2.57. The van der Waals surface area contributed by atoms with Crippen LogP contribution < -0.4 is 10.1 Å². The molecule has 1 N–H and O–H groups in total. The molecule has 0 spiro atoms. The van der Waals surface area contributed by atoms with Crippen molar-refractivity contribution in [2.45, 2.75) is 13.3 Å². The van der Waals surface area contributed by atoms with Gasteiger partial charge in [0.15, 0.2) is 4.96 Å². The molecule has 1 amide bonds. The van der Waals surface area contributed by atoms with Gasteiger partial charge in [-0.15, -0.1) is 11.3 Å². The Hall–Kier alpha value is -3.19. The average Bonchev–Trinajstić information content (AvgIpc) is 3.25. The van der Waals surface area contributed by atoms with E-state index in [9.17, 15) is 9.18 Å². The normalized spacial score (nSPS) is 10.9. The summed E-state index contributed by atoms with van der Waals surface area (Å²) in [5, 5.41) is 4.63. The molecule has 0 atom stereocenters. The molecule has 2 aromatic carbocycles. The van der Waals surface area contributed by atoms with Crippen molar-refractivity contribution in [1.82, 2.24) is 9.38 Å². The standard InChI is InChI=1S/C21H18FN3O2S/c1-2-27-18-8-6-14(7-9-18)19-12-25-17(13-28-21(25)24-19)11-20(26)23-16-5-3-4-15(22)10-16/h3-10,12-13H,2,11H2,1H3,(H,23,26). The van der Waals surface area contributed by atoms with E-state index >= 15 is 0 Å². The summed E-state index contributed by atoms with van der Waals surface area (Å²) in [7, 11) is 0. The Morgan fingerprint density at radius 2 is 2.07 bits per heavy atom. The third-order valence-electron chi connectivity index (χ3n) is 4.19. The van der Waals surface area contributed by atoms with Gasteiger partial charge in [-0.3, -0.25) is 9.20 Å². The van der Waals surface area contributed by atoms with E-state index < -0.39 is 0 Å². The number of amides is 1. The number of nitrogens with one attached hydrogen (secondary N) is 1. The minimum Gasteiger partial charge on any atom is -0.494 e. The Morgan fingerprint density at radius 3 is 2.82 bits per heavy atom. The number of thiazole rings is 1. The number of nitrogens with zero attached hydrogens (tertiary/aromatic N) is 2. The zero-order valence-electron chi connectivity index (χ0n) is 15.2. The van der Waals surface area contributed by atoms with Gasteiger partial charge in [-0.05, 0) is 49.4 Å². The van der Waals surface area contributed by atoms with Gasteiger partial charge in [0.2, 0.25) is 5.91 Å². The van der Waals surface area contributed by atoms with Crippen LogP contribution in [0.2, 0.25) is 0 Å². The maximum atomic E-state index is 13.3. The third-order valence-corrected chi connectivity index (χ3v) is 5.08. The fraction of sp³-hybridized carbons (Fsp3) is 0.143. The smallest absolute Gasteiger partial charge is 0.230 e. The topological polar surface area (TPSA) is 55.6 Å². The molecule has 0 aliphatic rings. The Balaban J connectivity index is 1.52. The first-order valence-electron chi connectivity index (χ1n) is 8.86. The van der Waals surface area contributed by atoms with Gasteiger partial charge in [-0.1, -0.05) is 6.07 Å². The van der Waals surface area contributed by atoms with Crippen molar-refractivity contribution in [1.29, 1.82) is 0 Å². The lowest BCUT2D eigenvalue weighted by atomic mass is 10.1. The van der Waals surface area contributed by atoms with E-state index in [1.54, 1.807) is 12.1 Å². The molecule has 0 radical (unpaired) electrons. The van der Waals surface area contributed by atoms with Crippen molar-refractivity contribution in [2.75, 3.05) is 11.9 Å². The summed E-state index contributed by atoms with van der Waals surface area (Å²) in [6, 6.07) is 13.6. The van der Waals surface area contributed by atoms with Crippen LogP contribution in [0.5, 0.6) is 5.75 Å². The largest absolute Gasteiger partial charge is 0.494 e. The van der Waals surface area contributed by atoms with Crippen LogP contribution in [-0.2, 0) is 11.2 Å². The number of benzene rings is 2. The van der Waals surface area contributed by atoms with Gasteiger partial charge in [-0.25, -0.2) is 9.37 Å². The maximum Gasteiger partial charge on any atom is 0.230 e. The number of hydrogen-bond donors (Lipinski definition) is 1. The highest BCUT2D eigenvalue weighted by atomic mass is 32.1. The first-order chi connectivity index (χ1) is 13.6. The monoisotopic (exact) mass is 395 g/mol. The van der Waals surface area contributed by atoms with Crippen molar-refractivity contribution in [3.8, 4) is 17.0 Å². The Labute approximate surface area is 165 Å². The molecule has 0 saturated heterocycles. The maximum absolute atomic E-state index is 13.3. The molecule has 0 unspecified atom stereocenters. The van der Waals surface area contributed by atoms with Crippen LogP contribution in [0.1, 0.15) is 12.6 Å². The van der Waals surface area contributed by atoms with Crippen molar-refractivity contribution in [3.63, 3.8) is 0 Å². The first-order valence-corrected chi connectivity index (χ1v) is 9.74. The molecule has 2 heterocycles. The molecule has 7 heteroatoms. The molecule has 4 aromatic rings. The molecule has 0 aliphatic carbocycles. The van der Waals surface area contributed by atoms with Crippen molar-refractivity contribution >= 4 is 27.9 Å². The number of hydrogen-bond acceptors (Lipinski definition) is 4. The van der Waals surface area contributed by atoms with Crippen LogP contribution in [0.25, 0.3) is 16.2 Å². The van der Waals surface area contributed by atoms with Crippen LogP contribution in [0.15, 0.2) is 60.1 Å². The lowest BCUT2D eigenvalue weighted by Gasteiger charge is -2.05. The molecule has 2 aromatic heterocycles. The summed E-state index contributed by atoms with van der Waals surface area (Å²) >= 11 is 1.48. The second kappa shape index (κ2) is 7.82. The highest BCUT2D eigenvalue weighted by Crippen LogP contribution is 2.25. The molecular weight excluding hydrogens is 377 g/mol. The zero-order chi connectivity index (χ0) is 19.5. The van der Waals surface area contributed by atoms with Crippen LogP contribution in [0.4, 0.5) is 10.1 Å². The molecule has 142 valence electrons. The van der Waals surface area contributed by atoms with Gasteiger partial charge in [0.1, 0.15) is 11.6 Å². The van der Waals surface area contributed by atoms with Crippen LogP contribution in [-0.4, -0.2) is 21.9 Å². The molecule has 28 heavy (non-hydrogen) atoms. The quantitative estimate of drug-likeness (QED) is 0.511. The van der Waals surface area contributed by atoms with E-state index in [0.29, 0.717) is 12.3 Å². The van der Waals surface area contributed by atoms with Gasteiger partial charge in [-0.2, -0.15) is 0 Å². The summed E-state index contributed by atoms with van der Waals surface area (Å²) in [5.41, 5.74) is 3.09. The molecule has 0 bridgehead atoms. The second-order valence-corrected chi connectivity index (χ2v) is 7.04. The number of fused-ring (bicyclic) bond motifs is 1. The van der Waals surface area contributed by atoms with E-state index in [1.165, 1.54) is 23.5 Å². The molecule has 0 fully saturated rings. The van der Waals surface area contributed by atoms with Gasteiger partial charge in [0.05, 0.1) is 18.7 Å². The van der Waals surface area contributed by atoms with E-state index in [2.05, 4.69) is 10.3 Å². The number of ether oxygens (including phenoxy) is 1. The number of imidazole rings is 1. The minimum atomic E-state index is -0.384. The van der Waals surface area contributed by atoms with E-state index in [0.717, 1.165) is 27.7 Å². The van der Waals surface area contributed by atoms with Crippen LogP contribution in [0.3, 0.4) is 0 Å². The Kier molecular flexibility index (Phi) is 5.08. The summed E-state index contributed by atoms with van der Waals surface area (Å²) < 4.78 is 20.7. The number of anilines is 1. The lowest BCUT2D eigenvalue weighted by molar-refractivity contribution is -0.115. The minimum absolute atomic E-state index is 0.176. The Bertz CT molecular complexity index is 1120. The van der Waals surface area contributed by atoms with Crippen LogP contribution >= 0.6 is 11.3 Å². The van der Waals surface area contributed by atoms with Crippen molar-refractivity contribution in [2.24, 2.45) is 0 Å². The van der Waals surface area contributed by atoms with Crippen LogP contribution in [0, 0.1) is 5.82 Å². The second-order valence-electron chi connectivity index (χ2n) is 6.20. The fourth-order valence-corrected chi connectivity index (χ4v) is 3.79. The van der Waals surface area contributed by atoms with E-state index in [-0.39, 0.29) is 18.1 Å². The average molecular weight is 395 g/mol. The van der Waals surface area contributed by atoms with E-state index in [1.807, 2.05) is 47.2 Å². The van der Waals surface area contributed by atoms with Crippen molar-refractivity contribution in [3.05, 3.63) is 71.6 Å². The Morgan fingerprint density at radius 1 is 1.25 bits per heavy atom. The summed E-state index contributed by atoms with van der Waals surface area (Å²) in [4.78, 5) is 17.8. The molecule has 5 nitrogen and oxygen atoms in total. The lowest BCUT2D eigenvalue weighted by Crippen LogP contribution is -2.15. The SMILES string of the molecule is CCOc1ccc(-c2cn3c(CC(=O)Nc4cccc(F)c4)csc3n2)cc1. The highest BCUT2D eigenvalue weighted by molar-refractivity contribution is 7.15. The zero-order valence-corrected chi connectivity index (χ0v) is 16.0. The number of rotatable bonds is 6. The molecule has 4 rings (SSSR count). The third kappa shape index (κ3) is 3.89. The number of carbonyl (C=O) groups is 1.